The lowest BCUT2D eigenvalue weighted by molar-refractivity contribution is 0.102. The molecule has 6 nitrogen and oxygen atoms in total. The number of benzene rings is 2. The summed E-state index contributed by atoms with van der Waals surface area (Å²) in [5, 5.41) is 6.55. The number of nitrogens with one attached hydrogen (secondary N) is 2. The number of ether oxygens (including phenoxy) is 1. The molecular formula is C21H21ClN4O2. The van der Waals surface area contributed by atoms with Gasteiger partial charge in [-0.2, -0.15) is 0 Å². The molecule has 0 radical (unpaired) electrons. The molecular weight excluding hydrogens is 376 g/mol. The second-order valence-electron chi connectivity index (χ2n) is 6.39. The van der Waals surface area contributed by atoms with Crippen molar-refractivity contribution in [2.24, 2.45) is 0 Å². The quantitative estimate of drug-likeness (QED) is 0.635. The number of carbonyl (C=O) groups is 1. The topological polar surface area (TPSA) is 76.1 Å². The average Bonchev–Trinajstić information content (AvgIpc) is 2.69. The minimum atomic E-state index is -0.377. The van der Waals surface area contributed by atoms with Crippen LogP contribution in [0.25, 0.3) is 0 Å². The van der Waals surface area contributed by atoms with E-state index >= 15 is 0 Å². The van der Waals surface area contributed by atoms with Gasteiger partial charge in [0.05, 0.1) is 25.2 Å². The van der Waals surface area contributed by atoms with Crippen LogP contribution in [0.5, 0.6) is 5.75 Å². The minimum Gasteiger partial charge on any atom is -0.495 e. The molecule has 0 unspecified atom stereocenters. The number of methoxy groups -OCH3 is 1. The molecule has 1 heterocycles. The molecule has 0 aliphatic carbocycles. The predicted octanol–water partition coefficient (Wildman–Crippen LogP) is 4.62. The van der Waals surface area contributed by atoms with E-state index in [1.54, 1.807) is 12.1 Å². The maximum atomic E-state index is 12.5. The summed E-state index contributed by atoms with van der Waals surface area (Å²) in [5.74, 6) is 0.698. The Hall–Kier alpha value is -3.12. The highest BCUT2D eigenvalue weighted by Crippen LogP contribution is 2.31. The van der Waals surface area contributed by atoms with E-state index in [1.807, 2.05) is 32.0 Å². The summed E-state index contributed by atoms with van der Waals surface area (Å²) in [5.41, 5.74) is 3.91. The van der Waals surface area contributed by atoms with Crippen LogP contribution in [0.4, 0.5) is 11.5 Å². The average molecular weight is 397 g/mol. The third kappa shape index (κ3) is 4.78. The lowest BCUT2D eigenvalue weighted by Gasteiger charge is -2.12. The van der Waals surface area contributed by atoms with Gasteiger partial charge in [-0.3, -0.25) is 4.79 Å². The van der Waals surface area contributed by atoms with Gasteiger partial charge in [0.15, 0.2) is 0 Å². The smallest absolute Gasteiger partial charge is 0.275 e. The van der Waals surface area contributed by atoms with Gasteiger partial charge in [-0.1, -0.05) is 41.4 Å². The molecule has 0 spiro atoms. The first-order valence-electron chi connectivity index (χ1n) is 8.73. The van der Waals surface area contributed by atoms with Crippen molar-refractivity contribution in [2.75, 3.05) is 17.7 Å². The zero-order chi connectivity index (χ0) is 20.1. The molecule has 2 N–H and O–H groups in total. The first-order valence-corrected chi connectivity index (χ1v) is 9.11. The summed E-state index contributed by atoms with van der Waals surface area (Å²) in [4.78, 5) is 20.9. The molecule has 0 aliphatic rings. The van der Waals surface area contributed by atoms with Crippen LogP contribution in [0.2, 0.25) is 5.02 Å². The number of aromatic nitrogens is 2. The molecule has 2 aromatic carbocycles. The van der Waals surface area contributed by atoms with Gasteiger partial charge in [0.2, 0.25) is 0 Å². The number of rotatable bonds is 6. The number of carbonyl (C=O) groups excluding carboxylic acids is 1. The molecule has 0 saturated carbocycles. The van der Waals surface area contributed by atoms with Crippen molar-refractivity contribution in [3.8, 4) is 5.75 Å². The van der Waals surface area contributed by atoms with Crippen LogP contribution in [0.1, 0.15) is 27.2 Å². The lowest BCUT2D eigenvalue weighted by Crippen LogP contribution is -2.15. The van der Waals surface area contributed by atoms with Crippen molar-refractivity contribution in [1.29, 1.82) is 0 Å². The molecule has 1 aromatic heterocycles. The van der Waals surface area contributed by atoms with Gasteiger partial charge >= 0.3 is 0 Å². The second-order valence-corrected chi connectivity index (χ2v) is 6.79. The van der Waals surface area contributed by atoms with E-state index in [1.165, 1.54) is 25.1 Å². The summed E-state index contributed by atoms with van der Waals surface area (Å²) < 4.78 is 5.27. The highest BCUT2D eigenvalue weighted by molar-refractivity contribution is 6.31. The van der Waals surface area contributed by atoms with Crippen LogP contribution in [0.15, 0.2) is 48.8 Å². The number of nitrogens with zero attached hydrogens (tertiary/aromatic N) is 2. The molecule has 3 aromatic rings. The Morgan fingerprint density at radius 3 is 2.64 bits per heavy atom. The van der Waals surface area contributed by atoms with Crippen molar-refractivity contribution in [1.82, 2.24) is 9.97 Å². The Balaban J connectivity index is 1.66. The van der Waals surface area contributed by atoms with Crippen molar-refractivity contribution in [2.45, 2.75) is 20.4 Å². The van der Waals surface area contributed by atoms with Crippen LogP contribution < -0.4 is 15.4 Å². The molecule has 144 valence electrons. The van der Waals surface area contributed by atoms with Crippen molar-refractivity contribution < 1.29 is 9.53 Å². The van der Waals surface area contributed by atoms with Crippen molar-refractivity contribution >= 4 is 29.0 Å². The fourth-order valence-corrected chi connectivity index (χ4v) is 2.82. The maximum Gasteiger partial charge on any atom is 0.275 e. The van der Waals surface area contributed by atoms with Gasteiger partial charge in [-0.25, -0.2) is 9.97 Å². The van der Waals surface area contributed by atoms with Crippen LogP contribution in [0.3, 0.4) is 0 Å². The van der Waals surface area contributed by atoms with E-state index in [0.29, 0.717) is 28.8 Å². The summed E-state index contributed by atoms with van der Waals surface area (Å²) >= 11 is 6.10. The zero-order valence-corrected chi connectivity index (χ0v) is 16.7. The van der Waals surface area contributed by atoms with Gasteiger partial charge in [0.1, 0.15) is 17.3 Å². The van der Waals surface area contributed by atoms with E-state index < -0.39 is 0 Å². The fraction of sp³-hybridized carbons (Fsp3) is 0.190. The number of hydrogen-bond donors (Lipinski definition) is 2. The zero-order valence-electron chi connectivity index (χ0n) is 15.9. The molecule has 7 heteroatoms. The Morgan fingerprint density at radius 2 is 1.96 bits per heavy atom. The SMILES string of the molecule is COc1cc(Cl)c(C)cc1NC(=O)c1cnc(NCc2cccc(C)c2)cn1. The largest absolute Gasteiger partial charge is 0.495 e. The second kappa shape index (κ2) is 8.71. The molecule has 0 fully saturated rings. The highest BCUT2D eigenvalue weighted by atomic mass is 35.5. The minimum absolute atomic E-state index is 0.204. The number of hydrogen-bond acceptors (Lipinski definition) is 5. The normalized spacial score (nSPS) is 10.4. The fourth-order valence-electron chi connectivity index (χ4n) is 2.67. The predicted molar refractivity (Wildman–Crippen MR) is 111 cm³/mol. The van der Waals surface area contributed by atoms with Crippen LogP contribution in [0, 0.1) is 13.8 Å². The van der Waals surface area contributed by atoms with E-state index in [0.717, 1.165) is 11.1 Å². The van der Waals surface area contributed by atoms with E-state index in [9.17, 15) is 4.79 Å². The Morgan fingerprint density at radius 1 is 1.14 bits per heavy atom. The number of aryl methyl sites for hydroxylation is 2. The lowest BCUT2D eigenvalue weighted by atomic mass is 10.1. The molecule has 3 rings (SSSR count). The molecule has 1 amide bonds. The molecule has 28 heavy (non-hydrogen) atoms. The van der Waals surface area contributed by atoms with Crippen molar-refractivity contribution in [3.63, 3.8) is 0 Å². The van der Waals surface area contributed by atoms with Gasteiger partial charge in [0, 0.05) is 17.6 Å². The Kier molecular flexibility index (Phi) is 6.11. The van der Waals surface area contributed by atoms with Crippen LogP contribution in [-0.2, 0) is 6.54 Å². The van der Waals surface area contributed by atoms with Gasteiger partial charge in [-0.05, 0) is 31.0 Å². The van der Waals surface area contributed by atoms with Gasteiger partial charge in [-0.15, -0.1) is 0 Å². The maximum absolute atomic E-state index is 12.5. The monoisotopic (exact) mass is 396 g/mol. The highest BCUT2D eigenvalue weighted by Gasteiger charge is 2.13. The number of amides is 1. The van der Waals surface area contributed by atoms with Crippen LogP contribution in [-0.4, -0.2) is 23.0 Å². The van der Waals surface area contributed by atoms with Gasteiger partial charge < -0.3 is 15.4 Å². The van der Waals surface area contributed by atoms with E-state index in [4.69, 9.17) is 16.3 Å². The summed E-state index contributed by atoms with van der Waals surface area (Å²) in [6, 6.07) is 11.6. The standard InChI is InChI=1S/C21H21ClN4O2/c1-13-5-4-6-15(7-13)10-24-20-12-23-18(11-25-20)21(27)26-17-8-14(2)16(22)9-19(17)28-3/h4-9,11-12H,10H2,1-3H3,(H,24,25)(H,26,27). The Labute approximate surface area is 168 Å². The van der Waals surface area contributed by atoms with Crippen molar-refractivity contribution in [3.05, 3.63) is 76.2 Å². The summed E-state index contributed by atoms with van der Waals surface area (Å²) in [6.07, 6.45) is 2.97. The first kappa shape index (κ1) is 19.6. The molecule has 0 bridgehead atoms. The van der Waals surface area contributed by atoms with Gasteiger partial charge in [0.25, 0.3) is 5.91 Å². The first-order chi connectivity index (χ1) is 13.5. The third-order valence-electron chi connectivity index (χ3n) is 4.17. The Bertz CT molecular complexity index is 990. The summed E-state index contributed by atoms with van der Waals surface area (Å²) in [7, 11) is 1.52. The van der Waals surface area contributed by atoms with E-state index in [2.05, 4.69) is 26.7 Å². The molecule has 0 saturated heterocycles. The third-order valence-corrected chi connectivity index (χ3v) is 4.58. The van der Waals surface area contributed by atoms with Crippen LogP contribution >= 0.6 is 11.6 Å². The molecule has 0 atom stereocenters. The number of anilines is 2. The summed E-state index contributed by atoms with van der Waals surface area (Å²) in [6.45, 7) is 4.53. The number of halogens is 1. The molecule has 0 aliphatic heterocycles. The van der Waals surface area contributed by atoms with E-state index in [-0.39, 0.29) is 11.6 Å².